The second kappa shape index (κ2) is 7.55. The Bertz CT molecular complexity index is 723. The van der Waals surface area contributed by atoms with Gasteiger partial charge in [0, 0.05) is 12.7 Å². The summed E-state index contributed by atoms with van der Waals surface area (Å²) in [7, 11) is 0.933. The molecule has 1 fully saturated rings. The monoisotopic (exact) mass is 389 g/mol. The fourth-order valence-corrected chi connectivity index (χ4v) is 3.32. The predicted molar refractivity (Wildman–Crippen MR) is 92.5 cm³/mol. The number of benzene rings is 1. The molecular weight excluding hydrogens is 366 g/mol. The number of hydrogen-bond acceptors (Lipinski definition) is 4. The second-order valence-electron chi connectivity index (χ2n) is 7.24. The standard InChI is InChI=1S/C18H23F4N3O2/c1-10(2)9-11(3)12-7-5-6-8-13(12)23-16(27)17(18(20,21)22)14(26)15(19)25(4)24-17/h5-8,10-11,15,24H,9H2,1-4H3,(H,23,27). The number of amides is 1. The van der Waals surface area contributed by atoms with Gasteiger partial charge in [0.25, 0.3) is 11.4 Å². The van der Waals surface area contributed by atoms with Gasteiger partial charge in [-0.3, -0.25) is 9.59 Å². The van der Waals surface area contributed by atoms with Crippen LogP contribution in [0.25, 0.3) is 0 Å². The van der Waals surface area contributed by atoms with Gasteiger partial charge in [-0.05, 0) is 29.9 Å². The number of likely N-dealkylation sites (N-methyl/N-ethyl adjacent to an activating group) is 1. The number of rotatable bonds is 5. The first-order valence-electron chi connectivity index (χ1n) is 8.58. The number of carbonyl (C=O) groups excluding carboxylic acids is 2. The van der Waals surface area contributed by atoms with Gasteiger partial charge in [0.05, 0.1) is 0 Å². The smallest absolute Gasteiger partial charge is 0.323 e. The second-order valence-corrected chi connectivity index (χ2v) is 7.24. The Kier molecular flexibility index (Phi) is 5.96. The Hall–Kier alpha value is -2.00. The molecule has 1 saturated heterocycles. The molecule has 2 N–H and O–H groups in total. The molecule has 3 unspecified atom stereocenters. The molecule has 0 bridgehead atoms. The largest absolute Gasteiger partial charge is 0.424 e. The summed E-state index contributed by atoms with van der Waals surface area (Å²) in [6.45, 7) is 5.91. The Labute approximate surface area is 155 Å². The van der Waals surface area contributed by atoms with Crippen molar-refractivity contribution in [2.24, 2.45) is 5.92 Å². The number of Topliss-reactive ketones (excluding diaryl/α,β-unsaturated/α-hetero) is 1. The van der Waals surface area contributed by atoms with Gasteiger partial charge in [-0.15, -0.1) is 0 Å². The van der Waals surface area contributed by atoms with Gasteiger partial charge in [-0.25, -0.2) is 14.8 Å². The van der Waals surface area contributed by atoms with Crippen molar-refractivity contribution in [1.29, 1.82) is 0 Å². The van der Waals surface area contributed by atoms with Crippen molar-refractivity contribution in [2.45, 2.75) is 51.1 Å². The number of ketones is 1. The van der Waals surface area contributed by atoms with Crippen LogP contribution in [0.1, 0.15) is 38.7 Å². The highest BCUT2D eigenvalue weighted by atomic mass is 19.4. The van der Waals surface area contributed by atoms with Crippen LogP contribution in [0.2, 0.25) is 0 Å². The number of hydrazine groups is 1. The lowest BCUT2D eigenvalue weighted by atomic mass is 9.90. The molecule has 3 atom stereocenters. The van der Waals surface area contributed by atoms with Gasteiger partial charge >= 0.3 is 6.18 Å². The minimum absolute atomic E-state index is 0.0350. The predicted octanol–water partition coefficient (Wildman–Crippen LogP) is 3.39. The van der Waals surface area contributed by atoms with E-state index in [1.807, 2.05) is 20.8 Å². The number of hydrogen-bond donors (Lipinski definition) is 2. The molecule has 1 aliphatic rings. The first-order valence-corrected chi connectivity index (χ1v) is 8.58. The van der Waals surface area contributed by atoms with Gasteiger partial charge in [0.15, 0.2) is 0 Å². The number of alkyl halides is 4. The normalized spacial score (nSPS) is 25.1. The van der Waals surface area contributed by atoms with E-state index in [0.717, 1.165) is 13.5 Å². The fourth-order valence-electron chi connectivity index (χ4n) is 3.32. The Morgan fingerprint density at radius 3 is 2.37 bits per heavy atom. The molecule has 0 saturated carbocycles. The van der Waals surface area contributed by atoms with E-state index in [-0.39, 0.29) is 11.6 Å². The van der Waals surface area contributed by atoms with Gasteiger partial charge in [0.1, 0.15) is 0 Å². The lowest BCUT2D eigenvalue weighted by Gasteiger charge is -2.29. The van der Waals surface area contributed by atoms with Crippen LogP contribution in [-0.2, 0) is 9.59 Å². The molecule has 2 rings (SSSR count). The average Bonchev–Trinajstić information content (AvgIpc) is 2.79. The van der Waals surface area contributed by atoms with E-state index in [9.17, 15) is 27.2 Å². The number of para-hydroxylation sites is 1. The SMILES string of the molecule is CC(C)CC(C)c1ccccc1NC(=O)C1(C(F)(F)F)NN(C)C(F)C1=O. The third kappa shape index (κ3) is 3.84. The molecule has 27 heavy (non-hydrogen) atoms. The Balaban J connectivity index is 2.40. The average molecular weight is 389 g/mol. The summed E-state index contributed by atoms with van der Waals surface area (Å²) in [6, 6.07) is 6.45. The van der Waals surface area contributed by atoms with Crippen molar-refractivity contribution in [3.63, 3.8) is 0 Å². The number of nitrogens with one attached hydrogen (secondary N) is 2. The maximum atomic E-state index is 13.8. The molecular formula is C18H23F4N3O2. The topological polar surface area (TPSA) is 61.4 Å². The molecule has 0 radical (unpaired) electrons. The quantitative estimate of drug-likeness (QED) is 0.460. The Morgan fingerprint density at radius 1 is 1.30 bits per heavy atom. The highest BCUT2D eigenvalue weighted by molar-refractivity contribution is 6.18. The fraction of sp³-hybridized carbons (Fsp3) is 0.556. The summed E-state index contributed by atoms with van der Waals surface area (Å²) >= 11 is 0. The van der Waals surface area contributed by atoms with Gasteiger partial charge in [0.2, 0.25) is 12.1 Å². The summed E-state index contributed by atoms with van der Waals surface area (Å²) in [6.07, 6.45) is -7.14. The van der Waals surface area contributed by atoms with E-state index in [0.29, 0.717) is 16.5 Å². The molecule has 0 aromatic heterocycles. The van der Waals surface area contributed by atoms with E-state index in [4.69, 9.17) is 0 Å². The van der Waals surface area contributed by atoms with Crippen LogP contribution in [0.15, 0.2) is 24.3 Å². The van der Waals surface area contributed by atoms with Crippen LogP contribution in [0, 0.1) is 5.92 Å². The van der Waals surface area contributed by atoms with Gasteiger partial charge in [-0.2, -0.15) is 13.2 Å². The summed E-state index contributed by atoms with van der Waals surface area (Å²) in [5, 5.41) is 2.54. The van der Waals surface area contributed by atoms with Crippen LogP contribution < -0.4 is 10.7 Å². The van der Waals surface area contributed by atoms with Crippen LogP contribution in [0.4, 0.5) is 23.2 Å². The lowest BCUT2D eigenvalue weighted by molar-refractivity contribution is -0.197. The first-order chi connectivity index (χ1) is 12.4. The lowest BCUT2D eigenvalue weighted by Crippen LogP contribution is -2.66. The van der Waals surface area contributed by atoms with Crippen molar-refractivity contribution in [3.8, 4) is 0 Å². The summed E-state index contributed by atoms with van der Waals surface area (Å²) in [5.74, 6) is -3.24. The highest BCUT2D eigenvalue weighted by Gasteiger charge is 2.72. The van der Waals surface area contributed by atoms with E-state index in [1.165, 1.54) is 6.07 Å². The summed E-state index contributed by atoms with van der Waals surface area (Å²) in [4.78, 5) is 24.6. The maximum absolute atomic E-state index is 13.8. The molecule has 0 spiro atoms. The number of carbonyl (C=O) groups is 2. The van der Waals surface area contributed by atoms with E-state index in [2.05, 4.69) is 5.32 Å². The van der Waals surface area contributed by atoms with Gasteiger partial charge in [-0.1, -0.05) is 39.0 Å². The van der Waals surface area contributed by atoms with Crippen molar-refractivity contribution in [3.05, 3.63) is 29.8 Å². The van der Waals surface area contributed by atoms with Crippen LogP contribution >= 0.6 is 0 Å². The van der Waals surface area contributed by atoms with E-state index in [1.54, 1.807) is 23.6 Å². The summed E-state index contributed by atoms with van der Waals surface area (Å²) < 4.78 is 54.8. The third-order valence-corrected chi connectivity index (χ3v) is 4.60. The zero-order valence-corrected chi connectivity index (χ0v) is 15.5. The Morgan fingerprint density at radius 2 is 1.89 bits per heavy atom. The molecule has 1 aliphatic heterocycles. The van der Waals surface area contributed by atoms with Crippen molar-refractivity contribution in [1.82, 2.24) is 10.4 Å². The summed E-state index contributed by atoms with van der Waals surface area (Å²) in [5.41, 5.74) is -1.18. The minimum Gasteiger partial charge on any atom is -0.323 e. The molecule has 9 heteroatoms. The van der Waals surface area contributed by atoms with E-state index >= 15 is 0 Å². The molecule has 150 valence electrons. The first kappa shape index (κ1) is 21.3. The minimum atomic E-state index is -5.32. The van der Waals surface area contributed by atoms with Crippen molar-refractivity contribution < 1.29 is 27.2 Å². The molecule has 1 heterocycles. The van der Waals surface area contributed by atoms with Crippen molar-refractivity contribution >= 4 is 17.4 Å². The molecule has 1 aromatic carbocycles. The van der Waals surface area contributed by atoms with Crippen LogP contribution in [0.3, 0.4) is 0 Å². The maximum Gasteiger partial charge on any atom is 0.424 e. The molecule has 0 aliphatic carbocycles. The number of halogens is 4. The number of nitrogens with zero attached hydrogens (tertiary/aromatic N) is 1. The zero-order chi connectivity index (χ0) is 20.6. The third-order valence-electron chi connectivity index (χ3n) is 4.60. The molecule has 1 amide bonds. The van der Waals surface area contributed by atoms with Gasteiger partial charge < -0.3 is 5.32 Å². The zero-order valence-electron chi connectivity index (χ0n) is 15.5. The van der Waals surface area contributed by atoms with E-state index < -0.39 is 29.7 Å². The highest BCUT2D eigenvalue weighted by Crippen LogP contribution is 2.38. The van der Waals surface area contributed by atoms with Crippen LogP contribution in [0.5, 0.6) is 0 Å². The van der Waals surface area contributed by atoms with Crippen LogP contribution in [-0.4, -0.2) is 41.8 Å². The molecule has 1 aromatic rings. The molecule has 5 nitrogen and oxygen atoms in total. The van der Waals surface area contributed by atoms with Crippen molar-refractivity contribution in [2.75, 3.05) is 12.4 Å². The number of anilines is 1.